The Morgan fingerprint density at radius 3 is 2.38 bits per heavy atom. The third kappa shape index (κ3) is 6.08. The zero-order valence-electron chi connectivity index (χ0n) is 11.1. The maximum absolute atomic E-state index is 11.3. The molecule has 16 heavy (non-hydrogen) atoms. The summed E-state index contributed by atoms with van der Waals surface area (Å²) in [7, 11) is 1.43. The second-order valence-corrected chi connectivity index (χ2v) is 3.82. The Bertz CT molecular complexity index is 182. The molecule has 0 aliphatic carbocycles. The number of hydrogen-bond acceptors (Lipinski definition) is 4. The molecule has 0 saturated carbocycles. The van der Waals surface area contributed by atoms with Crippen LogP contribution in [0.4, 0.5) is 0 Å². The maximum Gasteiger partial charge on any atom is 0.322 e. The lowest BCUT2D eigenvalue weighted by molar-refractivity contribution is -0.143. The van der Waals surface area contributed by atoms with Crippen molar-refractivity contribution in [2.75, 3.05) is 33.3 Å². The molecule has 0 amide bonds. The molecule has 0 aromatic carbocycles. The van der Waals surface area contributed by atoms with Crippen LogP contribution in [0.1, 0.15) is 33.6 Å². The molecule has 0 aliphatic heterocycles. The van der Waals surface area contributed by atoms with Crippen molar-refractivity contribution in [3.63, 3.8) is 0 Å². The highest BCUT2D eigenvalue weighted by Crippen LogP contribution is 1.95. The van der Waals surface area contributed by atoms with E-state index >= 15 is 0 Å². The van der Waals surface area contributed by atoms with Crippen molar-refractivity contribution < 1.29 is 9.53 Å². The molecule has 0 spiro atoms. The number of nitrogens with zero attached hydrogens (tertiary/aromatic N) is 1. The quantitative estimate of drug-likeness (QED) is 0.478. The van der Waals surface area contributed by atoms with Crippen molar-refractivity contribution in [1.29, 1.82) is 0 Å². The second kappa shape index (κ2) is 9.60. The van der Waals surface area contributed by atoms with Gasteiger partial charge < -0.3 is 15.0 Å². The fraction of sp³-hybridized carbons (Fsp3) is 0.917. The lowest BCUT2D eigenvalue weighted by Crippen LogP contribution is -2.38. The van der Waals surface area contributed by atoms with Gasteiger partial charge in [0, 0.05) is 0 Å². The first-order valence-corrected chi connectivity index (χ1v) is 6.23. The van der Waals surface area contributed by atoms with Crippen molar-refractivity contribution in [2.24, 2.45) is 0 Å². The predicted octanol–water partition coefficient (Wildman–Crippen LogP) is 1.26. The zero-order valence-corrected chi connectivity index (χ0v) is 11.1. The number of carbonyl (C=O) groups excluding carboxylic acids is 1. The van der Waals surface area contributed by atoms with Gasteiger partial charge in [0.1, 0.15) is 6.04 Å². The van der Waals surface area contributed by atoms with Crippen LogP contribution in [-0.4, -0.2) is 50.2 Å². The molecule has 4 heteroatoms. The van der Waals surface area contributed by atoms with E-state index in [0.29, 0.717) is 0 Å². The Balaban J connectivity index is 3.66. The lowest BCUT2D eigenvalue weighted by atomic mass is 10.2. The average Bonchev–Trinajstić information content (AvgIpc) is 2.33. The molecule has 0 aliphatic rings. The van der Waals surface area contributed by atoms with Crippen LogP contribution >= 0.6 is 0 Å². The van der Waals surface area contributed by atoms with E-state index in [1.54, 1.807) is 0 Å². The Kier molecular flexibility index (Phi) is 9.24. The minimum Gasteiger partial charge on any atom is -0.468 e. The van der Waals surface area contributed by atoms with Gasteiger partial charge in [0.15, 0.2) is 0 Å². The molecule has 0 rings (SSSR count). The fourth-order valence-electron chi connectivity index (χ4n) is 1.66. The SMILES string of the molecule is CCC(NCCCN(CC)CC)C(=O)OC. The van der Waals surface area contributed by atoms with E-state index in [0.717, 1.165) is 39.0 Å². The van der Waals surface area contributed by atoms with Crippen molar-refractivity contribution in [1.82, 2.24) is 10.2 Å². The smallest absolute Gasteiger partial charge is 0.322 e. The third-order valence-corrected chi connectivity index (χ3v) is 2.83. The summed E-state index contributed by atoms with van der Waals surface area (Å²) in [6, 6.07) is -0.151. The van der Waals surface area contributed by atoms with Crippen molar-refractivity contribution in [2.45, 2.75) is 39.7 Å². The van der Waals surface area contributed by atoms with Crippen LogP contribution in [0, 0.1) is 0 Å². The normalized spacial score (nSPS) is 12.8. The Morgan fingerprint density at radius 1 is 1.31 bits per heavy atom. The summed E-state index contributed by atoms with van der Waals surface area (Å²) >= 11 is 0. The van der Waals surface area contributed by atoms with E-state index in [2.05, 4.69) is 24.1 Å². The molecule has 0 saturated heterocycles. The van der Waals surface area contributed by atoms with Crippen LogP contribution in [0.3, 0.4) is 0 Å². The van der Waals surface area contributed by atoms with Crippen LogP contribution in [0.15, 0.2) is 0 Å². The molecule has 0 heterocycles. The van der Waals surface area contributed by atoms with E-state index in [9.17, 15) is 4.79 Å². The molecule has 1 unspecified atom stereocenters. The predicted molar refractivity (Wildman–Crippen MR) is 66.5 cm³/mol. The first-order valence-electron chi connectivity index (χ1n) is 6.23. The van der Waals surface area contributed by atoms with Crippen LogP contribution < -0.4 is 5.32 Å². The molecule has 0 fully saturated rings. The van der Waals surface area contributed by atoms with Crippen molar-refractivity contribution in [3.05, 3.63) is 0 Å². The van der Waals surface area contributed by atoms with E-state index in [1.807, 2.05) is 6.92 Å². The highest BCUT2D eigenvalue weighted by atomic mass is 16.5. The van der Waals surface area contributed by atoms with Gasteiger partial charge >= 0.3 is 5.97 Å². The molecule has 0 bridgehead atoms. The summed E-state index contributed by atoms with van der Waals surface area (Å²) in [4.78, 5) is 13.7. The number of esters is 1. The summed E-state index contributed by atoms with van der Waals surface area (Å²) < 4.78 is 4.71. The number of nitrogens with one attached hydrogen (secondary N) is 1. The molecule has 0 aromatic rings. The van der Waals surface area contributed by atoms with E-state index in [-0.39, 0.29) is 12.0 Å². The molecule has 96 valence electrons. The number of hydrogen-bond donors (Lipinski definition) is 1. The molecule has 1 N–H and O–H groups in total. The van der Waals surface area contributed by atoms with Gasteiger partial charge in [-0.05, 0) is 39.0 Å². The van der Waals surface area contributed by atoms with Gasteiger partial charge in [-0.25, -0.2) is 0 Å². The average molecular weight is 230 g/mol. The standard InChI is InChI=1S/C12H26N2O2/c1-5-11(12(15)16-4)13-9-8-10-14(6-2)7-3/h11,13H,5-10H2,1-4H3. The molecule has 4 nitrogen and oxygen atoms in total. The minimum absolute atomic E-state index is 0.151. The fourth-order valence-corrected chi connectivity index (χ4v) is 1.66. The van der Waals surface area contributed by atoms with E-state index < -0.39 is 0 Å². The maximum atomic E-state index is 11.3. The highest BCUT2D eigenvalue weighted by Gasteiger charge is 2.15. The third-order valence-electron chi connectivity index (χ3n) is 2.83. The first kappa shape index (κ1) is 15.4. The second-order valence-electron chi connectivity index (χ2n) is 3.82. The Hall–Kier alpha value is -0.610. The van der Waals surface area contributed by atoms with Gasteiger partial charge in [-0.15, -0.1) is 0 Å². The van der Waals surface area contributed by atoms with Gasteiger partial charge in [0.05, 0.1) is 7.11 Å². The summed E-state index contributed by atoms with van der Waals surface area (Å²) in [5.74, 6) is -0.162. The molecular weight excluding hydrogens is 204 g/mol. The number of rotatable bonds is 9. The molecule has 0 aromatic heterocycles. The van der Waals surface area contributed by atoms with E-state index in [1.165, 1.54) is 7.11 Å². The minimum atomic E-state index is -0.162. The summed E-state index contributed by atoms with van der Waals surface area (Å²) in [5, 5.41) is 3.22. The summed E-state index contributed by atoms with van der Waals surface area (Å²) in [6.07, 6.45) is 1.84. The van der Waals surface area contributed by atoms with Gasteiger partial charge in [0.25, 0.3) is 0 Å². The van der Waals surface area contributed by atoms with Gasteiger partial charge in [-0.1, -0.05) is 20.8 Å². The van der Waals surface area contributed by atoms with E-state index in [4.69, 9.17) is 4.74 Å². The van der Waals surface area contributed by atoms with Crippen molar-refractivity contribution in [3.8, 4) is 0 Å². The monoisotopic (exact) mass is 230 g/mol. The molecule has 0 radical (unpaired) electrons. The lowest BCUT2D eigenvalue weighted by Gasteiger charge is -2.19. The zero-order chi connectivity index (χ0) is 12.4. The van der Waals surface area contributed by atoms with Gasteiger partial charge in [-0.2, -0.15) is 0 Å². The highest BCUT2D eigenvalue weighted by molar-refractivity contribution is 5.75. The van der Waals surface area contributed by atoms with Crippen LogP contribution in [0.2, 0.25) is 0 Å². The number of methoxy groups -OCH3 is 1. The Labute approximate surface area is 99.3 Å². The van der Waals surface area contributed by atoms with Crippen LogP contribution in [0.5, 0.6) is 0 Å². The summed E-state index contributed by atoms with van der Waals surface area (Å²) in [5.41, 5.74) is 0. The van der Waals surface area contributed by atoms with Gasteiger partial charge in [0.2, 0.25) is 0 Å². The molecular formula is C12H26N2O2. The van der Waals surface area contributed by atoms with Crippen LogP contribution in [-0.2, 0) is 9.53 Å². The first-order chi connectivity index (χ1) is 7.69. The largest absolute Gasteiger partial charge is 0.468 e. The summed E-state index contributed by atoms with van der Waals surface area (Å²) in [6.45, 7) is 10.4. The molecule has 1 atom stereocenters. The number of carbonyl (C=O) groups is 1. The Morgan fingerprint density at radius 2 is 1.94 bits per heavy atom. The van der Waals surface area contributed by atoms with Gasteiger partial charge in [-0.3, -0.25) is 4.79 Å². The topological polar surface area (TPSA) is 41.6 Å². The number of ether oxygens (including phenoxy) is 1. The van der Waals surface area contributed by atoms with Crippen LogP contribution in [0.25, 0.3) is 0 Å². The van der Waals surface area contributed by atoms with Crippen molar-refractivity contribution >= 4 is 5.97 Å².